The summed E-state index contributed by atoms with van der Waals surface area (Å²) in [4.78, 5) is 11.4. The summed E-state index contributed by atoms with van der Waals surface area (Å²) >= 11 is 0. The Balaban J connectivity index is 2.36. The fourth-order valence-electron chi connectivity index (χ4n) is 1.86. The molecule has 1 rings (SSSR count). The predicted molar refractivity (Wildman–Crippen MR) is 63.8 cm³/mol. The number of ketones is 1. The van der Waals surface area contributed by atoms with Crippen LogP contribution in [-0.4, -0.2) is 5.78 Å². The Morgan fingerprint density at radius 2 is 1.93 bits per heavy atom. The molecule has 0 radical (unpaired) electrons. The lowest BCUT2D eigenvalue weighted by molar-refractivity contribution is -0.119. The van der Waals surface area contributed by atoms with Crippen molar-refractivity contribution in [2.24, 2.45) is 5.92 Å². The molecule has 0 N–H and O–H groups in total. The van der Waals surface area contributed by atoms with Crippen LogP contribution in [0, 0.1) is 5.92 Å². The van der Waals surface area contributed by atoms with Crippen LogP contribution in [0.25, 0.3) is 0 Å². The minimum absolute atomic E-state index is 0.404. The molecule has 0 bridgehead atoms. The largest absolute Gasteiger partial charge is 0.300 e. The molecule has 0 spiro atoms. The van der Waals surface area contributed by atoms with E-state index in [9.17, 15) is 4.79 Å². The van der Waals surface area contributed by atoms with Gasteiger partial charge in [0.15, 0.2) is 0 Å². The van der Waals surface area contributed by atoms with Gasteiger partial charge in [0.1, 0.15) is 5.78 Å². The molecule has 0 fully saturated rings. The second-order valence-corrected chi connectivity index (χ2v) is 4.29. The van der Waals surface area contributed by atoms with Crippen LogP contribution in [-0.2, 0) is 11.2 Å². The van der Waals surface area contributed by atoms with E-state index in [-0.39, 0.29) is 0 Å². The summed E-state index contributed by atoms with van der Waals surface area (Å²) in [5.41, 5.74) is 1.33. The molecule has 1 aromatic carbocycles. The smallest absolute Gasteiger partial charge is 0.133 e. The van der Waals surface area contributed by atoms with Crippen molar-refractivity contribution in [1.29, 1.82) is 0 Å². The van der Waals surface area contributed by atoms with Crippen LogP contribution < -0.4 is 0 Å². The summed E-state index contributed by atoms with van der Waals surface area (Å²) in [5.74, 6) is 0.868. The molecule has 1 unspecified atom stereocenters. The molecule has 0 aliphatic carbocycles. The summed E-state index contributed by atoms with van der Waals surface area (Å²) in [5, 5.41) is 0. The van der Waals surface area contributed by atoms with E-state index in [4.69, 9.17) is 0 Å². The summed E-state index contributed by atoms with van der Waals surface area (Å²) in [6.45, 7) is 4.21. The lowest BCUT2D eigenvalue weighted by Crippen LogP contribution is -2.07. The van der Waals surface area contributed by atoms with E-state index in [0.29, 0.717) is 11.7 Å². The highest BCUT2D eigenvalue weighted by molar-refractivity contribution is 5.78. The van der Waals surface area contributed by atoms with E-state index in [1.54, 1.807) is 0 Å². The Bertz CT molecular complexity index is 289. The van der Waals surface area contributed by atoms with Gasteiger partial charge in [-0.2, -0.15) is 0 Å². The molecule has 1 aromatic rings. The molecule has 1 heteroatoms. The van der Waals surface area contributed by atoms with Gasteiger partial charge in [0.05, 0.1) is 0 Å². The third kappa shape index (κ3) is 4.78. The first-order valence-corrected chi connectivity index (χ1v) is 5.78. The summed E-state index contributed by atoms with van der Waals surface area (Å²) in [7, 11) is 0. The number of carbonyl (C=O) groups is 1. The van der Waals surface area contributed by atoms with Crippen LogP contribution in [0.2, 0.25) is 0 Å². The molecule has 1 nitrogen and oxygen atoms in total. The zero-order valence-electron chi connectivity index (χ0n) is 9.70. The first kappa shape index (κ1) is 12.0. The van der Waals surface area contributed by atoms with Gasteiger partial charge in [-0.15, -0.1) is 0 Å². The highest BCUT2D eigenvalue weighted by atomic mass is 16.1. The number of hydrogen-bond acceptors (Lipinski definition) is 1. The van der Waals surface area contributed by atoms with E-state index in [1.165, 1.54) is 5.56 Å². The van der Waals surface area contributed by atoms with E-state index in [0.717, 1.165) is 25.7 Å². The SMILES string of the molecule is CCCC(=O)CC(C)Cc1ccccc1. The maximum Gasteiger partial charge on any atom is 0.133 e. The molecule has 0 saturated carbocycles. The maximum absolute atomic E-state index is 11.4. The Morgan fingerprint density at radius 3 is 2.53 bits per heavy atom. The van der Waals surface area contributed by atoms with Crippen LogP contribution in [0.1, 0.15) is 38.7 Å². The van der Waals surface area contributed by atoms with E-state index < -0.39 is 0 Å². The van der Waals surface area contributed by atoms with Crippen LogP contribution in [0.4, 0.5) is 0 Å². The monoisotopic (exact) mass is 204 g/mol. The zero-order valence-corrected chi connectivity index (χ0v) is 9.70. The van der Waals surface area contributed by atoms with Crippen molar-refractivity contribution in [3.05, 3.63) is 35.9 Å². The van der Waals surface area contributed by atoms with Crippen LogP contribution in [0.3, 0.4) is 0 Å². The topological polar surface area (TPSA) is 17.1 Å². The quantitative estimate of drug-likeness (QED) is 0.691. The molecule has 0 aromatic heterocycles. The Morgan fingerprint density at radius 1 is 1.27 bits per heavy atom. The van der Waals surface area contributed by atoms with Crippen molar-refractivity contribution in [3.63, 3.8) is 0 Å². The number of hydrogen-bond donors (Lipinski definition) is 0. The van der Waals surface area contributed by atoms with Crippen molar-refractivity contribution >= 4 is 5.78 Å². The molecular formula is C14H20O. The Labute approximate surface area is 92.5 Å². The molecule has 82 valence electrons. The molecule has 0 aliphatic heterocycles. The van der Waals surface area contributed by atoms with Crippen LogP contribution >= 0.6 is 0 Å². The van der Waals surface area contributed by atoms with Crippen molar-refractivity contribution in [1.82, 2.24) is 0 Å². The number of carbonyl (C=O) groups excluding carboxylic acids is 1. The molecule has 0 saturated heterocycles. The van der Waals surface area contributed by atoms with E-state index >= 15 is 0 Å². The maximum atomic E-state index is 11.4. The lowest BCUT2D eigenvalue weighted by Gasteiger charge is -2.10. The minimum Gasteiger partial charge on any atom is -0.300 e. The normalized spacial score (nSPS) is 12.4. The van der Waals surface area contributed by atoms with Crippen molar-refractivity contribution in [2.75, 3.05) is 0 Å². The number of Topliss-reactive ketones (excluding diaryl/α,β-unsaturated/α-hetero) is 1. The second-order valence-electron chi connectivity index (χ2n) is 4.29. The number of rotatable bonds is 6. The van der Waals surface area contributed by atoms with Gasteiger partial charge in [-0.3, -0.25) is 4.79 Å². The first-order chi connectivity index (χ1) is 7.22. The van der Waals surface area contributed by atoms with Crippen LogP contribution in [0.15, 0.2) is 30.3 Å². The van der Waals surface area contributed by atoms with E-state index in [1.807, 2.05) is 6.07 Å². The van der Waals surface area contributed by atoms with Gasteiger partial charge in [-0.05, 0) is 24.3 Å². The van der Waals surface area contributed by atoms with Crippen LogP contribution in [0.5, 0.6) is 0 Å². The van der Waals surface area contributed by atoms with Gasteiger partial charge >= 0.3 is 0 Å². The van der Waals surface area contributed by atoms with Crippen molar-refractivity contribution < 1.29 is 4.79 Å². The molecule has 0 aliphatic rings. The first-order valence-electron chi connectivity index (χ1n) is 5.78. The second kappa shape index (κ2) is 6.39. The van der Waals surface area contributed by atoms with Gasteiger partial charge in [0.25, 0.3) is 0 Å². The number of benzene rings is 1. The van der Waals surface area contributed by atoms with Gasteiger partial charge in [-0.25, -0.2) is 0 Å². The molecule has 0 amide bonds. The fraction of sp³-hybridized carbons (Fsp3) is 0.500. The summed E-state index contributed by atoms with van der Waals surface area (Å²) in [6, 6.07) is 10.4. The zero-order chi connectivity index (χ0) is 11.1. The predicted octanol–water partition coefficient (Wildman–Crippen LogP) is 3.62. The van der Waals surface area contributed by atoms with Gasteiger partial charge in [-0.1, -0.05) is 44.2 Å². The molecule has 1 atom stereocenters. The van der Waals surface area contributed by atoms with Gasteiger partial charge in [0.2, 0.25) is 0 Å². The third-order valence-corrected chi connectivity index (χ3v) is 2.53. The highest BCUT2D eigenvalue weighted by Gasteiger charge is 2.08. The molecule has 0 heterocycles. The standard InChI is InChI=1S/C14H20O/c1-3-7-14(15)11-12(2)10-13-8-5-4-6-9-13/h4-6,8-9,12H,3,7,10-11H2,1-2H3. The van der Waals surface area contributed by atoms with Gasteiger partial charge in [0, 0.05) is 12.8 Å². The lowest BCUT2D eigenvalue weighted by atomic mass is 9.95. The average Bonchev–Trinajstić information content (AvgIpc) is 2.19. The van der Waals surface area contributed by atoms with Crippen molar-refractivity contribution in [3.8, 4) is 0 Å². The Hall–Kier alpha value is -1.11. The third-order valence-electron chi connectivity index (χ3n) is 2.53. The molecule has 15 heavy (non-hydrogen) atoms. The summed E-state index contributed by atoms with van der Waals surface area (Å²) < 4.78 is 0. The highest BCUT2D eigenvalue weighted by Crippen LogP contribution is 2.13. The minimum atomic E-state index is 0.404. The molecular weight excluding hydrogens is 184 g/mol. The van der Waals surface area contributed by atoms with Gasteiger partial charge < -0.3 is 0 Å². The Kier molecular flexibility index (Phi) is 5.09. The van der Waals surface area contributed by atoms with E-state index in [2.05, 4.69) is 38.1 Å². The fourth-order valence-corrected chi connectivity index (χ4v) is 1.86. The van der Waals surface area contributed by atoms with Crippen molar-refractivity contribution in [2.45, 2.75) is 39.5 Å². The average molecular weight is 204 g/mol. The summed E-state index contributed by atoms with van der Waals surface area (Å²) in [6.07, 6.45) is 3.44.